The van der Waals surface area contributed by atoms with Crippen molar-refractivity contribution in [1.82, 2.24) is 0 Å². The van der Waals surface area contributed by atoms with Crippen LogP contribution in [-0.4, -0.2) is 0 Å². The highest BCUT2D eigenvalue weighted by Gasteiger charge is 2.09. The summed E-state index contributed by atoms with van der Waals surface area (Å²) in [5, 5.41) is 0.987. The Kier molecular flexibility index (Phi) is 2.00. The van der Waals surface area contributed by atoms with E-state index in [-0.39, 0.29) is 5.82 Å². The molecule has 78 valence electrons. The van der Waals surface area contributed by atoms with Crippen molar-refractivity contribution in [2.75, 3.05) is 0 Å². The molecule has 0 aliphatic heterocycles. The lowest BCUT2D eigenvalue weighted by Crippen LogP contribution is -1.79. The molecule has 0 amide bonds. The predicted molar refractivity (Wildman–Crippen MR) is 61.6 cm³/mol. The summed E-state index contributed by atoms with van der Waals surface area (Å²) >= 11 is 0. The van der Waals surface area contributed by atoms with Gasteiger partial charge in [0.2, 0.25) is 0 Å². The van der Waals surface area contributed by atoms with Gasteiger partial charge in [0.1, 0.15) is 17.2 Å². The van der Waals surface area contributed by atoms with E-state index in [2.05, 4.69) is 0 Å². The van der Waals surface area contributed by atoms with Gasteiger partial charge in [0, 0.05) is 5.39 Å². The Hall–Kier alpha value is -2.09. The van der Waals surface area contributed by atoms with E-state index in [1.807, 2.05) is 30.3 Å². The molecule has 0 radical (unpaired) electrons. The van der Waals surface area contributed by atoms with Gasteiger partial charge in [-0.25, -0.2) is 4.39 Å². The zero-order chi connectivity index (χ0) is 11.0. The maximum Gasteiger partial charge on any atom is 0.138 e. The van der Waals surface area contributed by atoms with Crippen molar-refractivity contribution in [1.29, 1.82) is 0 Å². The minimum absolute atomic E-state index is 0.262. The molecule has 1 heterocycles. The molecule has 0 unspecified atom stereocenters. The number of benzene rings is 2. The first-order valence-electron chi connectivity index (χ1n) is 5.08. The molecule has 0 saturated carbocycles. The van der Waals surface area contributed by atoms with Gasteiger partial charge in [-0.15, -0.1) is 0 Å². The fourth-order valence-electron chi connectivity index (χ4n) is 1.78. The van der Waals surface area contributed by atoms with E-state index in [1.165, 1.54) is 6.07 Å². The molecular weight excluding hydrogens is 203 g/mol. The SMILES string of the molecule is Fc1ccccc1-c1cc2ccccc2o1. The van der Waals surface area contributed by atoms with Crippen LogP contribution in [0.2, 0.25) is 0 Å². The van der Waals surface area contributed by atoms with Gasteiger partial charge in [-0.3, -0.25) is 0 Å². The van der Waals surface area contributed by atoms with Gasteiger partial charge in [0.25, 0.3) is 0 Å². The third kappa shape index (κ3) is 1.39. The summed E-state index contributed by atoms with van der Waals surface area (Å²) < 4.78 is 19.1. The molecule has 0 atom stereocenters. The maximum atomic E-state index is 13.5. The summed E-state index contributed by atoms with van der Waals surface area (Å²) in [6.07, 6.45) is 0. The standard InChI is InChI=1S/C14H9FO/c15-12-7-3-2-6-11(12)14-9-10-5-1-4-8-13(10)16-14/h1-9H. The van der Waals surface area contributed by atoms with Crippen LogP contribution < -0.4 is 0 Å². The lowest BCUT2D eigenvalue weighted by atomic mass is 10.1. The third-order valence-electron chi connectivity index (χ3n) is 2.56. The van der Waals surface area contributed by atoms with E-state index in [0.29, 0.717) is 11.3 Å². The Bertz CT molecular complexity index is 607. The quantitative estimate of drug-likeness (QED) is 0.588. The maximum absolute atomic E-state index is 13.5. The Labute approximate surface area is 92.1 Å². The molecule has 0 aliphatic carbocycles. The Morgan fingerprint density at radius 2 is 1.62 bits per heavy atom. The Morgan fingerprint density at radius 1 is 0.875 bits per heavy atom. The molecule has 2 aromatic carbocycles. The number of halogens is 1. The van der Waals surface area contributed by atoms with Crippen LogP contribution in [-0.2, 0) is 0 Å². The van der Waals surface area contributed by atoms with Crippen LogP contribution in [0.25, 0.3) is 22.3 Å². The molecule has 0 bridgehead atoms. The number of fused-ring (bicyclic) bond motifs is 1. The van der Waals surface area contributed by atoms with Gasteiger partial charge in [0.05, 0.1) is 5.56 Å². The second-order valence-electron chi connectivity index (χ2n) is 3.63. The lowest BCUT2D eigenvalue weighted by Gasteiger charge is -1.96. The summed E-state index contributed by atoms with van der Waals surface area (Å²) in [6, 6.07) is 16.1. The molecule has 1 aromatic heterocycles. The molecule has 0 aliphatic rings. The zero-order valence-corrected chi connectivity index (χ0v) is 8.48. The zero-order valence-electron chi connectivity index (χ0n) is 8.48. The molecule has 3 rings (SSSR count). The van der Waals surface area contributed by atoms with Crippen molar-refractivity contribution in [3.05, 3.63) is 60.4 Å². The highest BCUT2D eigenvalue weighted by Crippen LogP contribution is 2.29. The van der Waals surface area contributed by atoms with Crippen LogP contribution >= 0.6 is 0 Å². The molecule has 0 saturated heterocycles. The minimum atomic E-state index is -0.262. The first-order valence-corrected chi connectivity index (χ1v) is 5.08. The normalized spacial score (nSPS) is 10.8. The van der Waals surface area contributed by atoms with E-state index < -0.39 is 0 Å². The summed E-state index contributed by atoms with van der Waals surface area (Å²) in [6.45, 7) is 0. The second kappa shape index (κ2) is 3.49. The van der Waals surface area contributed by atoms with E-state index in [4.69, 9.17) is 4.42 Å². The molecule has 0 N–H and O–H groups in total. The predicted octanol–water partition coefficient (Wildman–Crippen LogP) is 4.24. The minimum Gasteiger partial charge on any atom is -0.456 e. The number of para-hydroxylation sites is 1. The highest BCUT2D eigenvalue weighted by atomic mass is 19.1. The van der Waals surface area contributed by atoms with E-state index in [0.717, 1.165) is 11.0 Å². The summed E-state index contributed by atoms with van der Waals surface area (Å²) in [5.41, 5.74) is 1.28. The van der Waals surface area contributed by atoms with Crippen molar-refractivity contribution < 1.29 is 8.81 Å². The molecule has 0 spiro atoms. The third-order valence-corrected chi connectivity index (χ3v) is 2.56. The van der Waals surface area contributed by atoms with Crippen molar-refractivity contribution in [2.24, 2.45) is 0 Å². The first-order chi connectivity index (χ1) is 7.84. The van der Waals surface area contributed by atoms with Crippen LogP contribution in [0.3, 0.4) is 0 Å². The molecule has 16 heavy (non-hydrogen) atoms. The average Bonchev–Trinajstić information content (AvgIpc) is 2.73. The van der Waals surface area contributed by atoms with Gasteiger partial charge in [-0.05, 0) is 24.3 Å². The van der Waals surface area contributed by atoms with Gasteiger partial charge in [0.15, 0.2) is 0 Å². The number of rotatable bonds is 1. The fourth-order valence-corrected chi connectivity index (χ4v) is 1.78. The molecule has 2 heteroatoms. The summed E-state index contributed by atoms with van der Waals surface area (Å²) in [4.78, 5) is 0. The number of furan rings is 1. The number of hydrogen-bond donors (Lipinski definition) is 0. The monoisotopic (exact) mass is 212 g/mol. The van der Waals surface area contributed by atoms with Gasteiger partial charge < -0.3 is 4.42 Å². The van der Waals surface area contributed by atoms with Crippen molar-refractivity contribution in [3.8, 4) is 11.3 Å². The van der Waals surface area contributed by atoms with Crippen LogP contribution in [0.4, 0.5) is 4.39 Å². The molecule has 1 nitrogen and oxygen atoms in total. The Morgan fingerprint density at radius 3 is 2.44 bits per heavy atom. The van der Waals surface area contributed by atoms with Crippen molar-refractivity contribution >= 4 is 11.0 Å². The van der Waals surface area contributed by atoms with Crippen molar-refractivity contribution in [3.63, 3.8) is 0 Å². The van der Waals surface area contributed by atoms with Crippen molar-refractivity contribution in [2.45, 2.75) is 0 Å². The van der Waals surface area contributed by atoms with Crippen LogP contribution in [0.5, 0.6) is 0 Å². The van der Waals surface area contributed by atoms with Crippen LogP contribution in [0.1, 0.15) is 0 Å². The van der Waals surface area contributed by atoms with Gasteiger partial charge in [-0.2, -0.15) is 0 Å². The topological polar surface area (TPSA) is 13.1 Å². The van der Waals surface area contributed by atoms with Crippen LogP contribution in [0.15, 0.2) is 59.0 Å². The summed E-state index contributed by atoms with van der Waals surface area (Å²) in [5.74, 6) is 0.306. The highest BCUT2D eigenvalue weighted by molar-refractivity contribution is 5.82. The molecular formula is C14H9FO. The lowest BCUT2D eigenvalue weighted by molar-refractivity contribution is 0.601. The number of hydrogen-bond acceptors (Lipinski definition) is 1. The van der Waals surface area contributed by atoms with E-state index in [1.54, 1.807) is 18.2 Å². The van der Waals surface area contributed by atoms with Crippen LogP contribution in [0, 0.1) is 5.82 Å². The first kappa shape index (κ1) is 9.16. The van der Waals surface area contributed by atoms with E-state index in [9.17, 15) is 4.39 Å². The largest absolute Gasteiger partial charge is 0.456 e. The molecule has 0 fully saturated rings. The second-order valence-corrected chi connectivity index (χ2v) is 3.63. The smallest absolute Gasteiger partial charge is 0.138 e. The Balaban J connectivity index is 2.23. The fraction of sp³-hybridized carbons (Fsp3) is 0. The van der Waals surface area contributed by atoms with E-state index >= 15 is 0 Å². The molecule has 3 aromatic rings. The van der Waals surface area contributed by atoms with Gasteiger partial charge >= 0.3 is 0 Å². The summed E-state index contributed by atoms with van der Waals surface area (Å²) in [7, 11) is 0. The van der Waals surface area contributed by atoms with Gasteiger partial charge in [-0.1, -0.05) is 30.3 Å². The average molecular weight is 212 g/mol.